The van der Waals surface area contributed by atoms with Gasteiger partial charge in [-0.15, -0.1) is 0 Å². The topological polar surface area (TPSA) is 30.5 Å². The summed E-state index contributed by atoms with van der Waals surface area (Å²) in [5, 5.41) is 3.16. The van der Waals surface area contributed by atoms with Gasteiger partial charge in [0.05, 0.1) is 6.61 Å². The van der Waals surface area contributed by atoms with Gasteiger partial charge in [0, 0.05) is 19.5 Å². The Kier molecular flexibility index (Phi) is 5.10. The van der Waals surface area contributed by atoms with Crippen molar-refractivity contribution in [1.29, 1.82) is 0 Å². The molecule has 0 saturated heterocycles. The third kappa shape index (κ3) is 4.44. The summed E-state index contributed by atoms with van der Waals surface area (Å²) in [6.07, 6.45) is -1.38. The van der Waals surface area contributed by atoms with Crippen LogP contribution in [0.4, 0.5) is 8.78 Å². The second kappa shape index (κ2) is 6.82. The maximum Gasteiger partial charge on any atom is 0.261 e. The Morgan fingerprint density at radius 1 is 1.47 bits per heavy atom. The first kappa shape index (κ1) is 14.2. The number of rotatable bonds is 7. The minimum Gasteiger partial charge on any atom is -0.488 e. The number of hydrogen-bond donors (Lipinski definition) is 1. The van der Waals surface area contributed by atoms with Crippen LogP contribution in [0.3, 0.4) is 0 Å². The van der Waals surface area contributed by atoms with Crippen LogP contribution in [-0.4, -0.2) is 38.8 Å². The van der Waals surface area contributed by atoms with Gasteiger partial charge in [-0.2, -0.15) is 0 Å². The molecule has 1 aromatic rings. The highest BCUT2D eigenvalue weighted by atomic mass is 19.3. The van der Waals surface area contributed by atoms with Gasteiger partial charge in [0.15, 0.2) is 0 Å². The number of ether oxygens (including phenoxy) is 2. The monoisotopic (exact) mass is 271 g/mol. The summed E-state index contributed by atoms with van der Waals surface area (Å²) in [6, 6.07) is 6.17. The first-order valence-electron chi connectivity index (χ1n) is 6.48. The molecule has 0 aliphatic carbocycles. The van der Waals surface area contributed by atoms with Crippen molar-refractivity contribution in [3.63, 3.8) is 0 Å². The van der Waals surface area contributed by atoms with Gasteiger partial charge in [0.2, 0.25) is 0 Å². The molecule has 1 aromatic carbocycles. The standard InChI is InChI=1S/C14H19F2NO2/c1-10-2-3-13-11(6-10)7-12(19-13)8-17-4-5-18-9-14(15)16/h2-3,6,12,14,17H,4-5,7-9H2,1H3. The van der Waals surface area contributed by atoms with E-state index in [1.54, 1.807) is 0 Å². The molecular formula is C14H19F2NO2. The molecule has 0 spiro atoms. The second-order valence-corrected chi connectivity index (χ2v) is 4.73. The first-order chi connectivity index (χ1) is 9.15. The lowest BCUT2D eigenvalue weighted by Gasteiger charge is -2.11. The largest absolute Gasteiger partial charge is 0.488 e. The van der Waals surface area contributed by atoms with E-state index in [-0.39, 0.29) is 6.10 Å². The summed E-state index contributed by atoms with van der Waals surface area (Å²) in [5.74, 6) is 0.950. The molecule has 1 aliphatic rings. The van der Waals surface area contributed by atoms with E-state index in [9.17, 15) is 8.78 Å². The molecule has 0 bridgehead atoms. The maximum absolute atomic E-state index is 11.8. The van der Waals surface area contributed by atoms with Gasteiger partial charge in [-0.1, -0.05) is 17.7 Å². The number of hydrogen-bond acceptors (Lipinski definition) is 3. The lowest BCUT2D eigenvalue weighted by molar-refractivity contribution is 0.0183. The Morgan fingerprint density at radius 3 is 3.11 bits per heavy atom. The predicted octanol–water partition coefficient (Wildman–Crippen LogP) is 2.17. The van der Waals surface area contributed by atoms with Gasteiger partial charge in [0.1, 0.15) is 18.5 Å². The molecule has 1 atom stereocenters. The molecule has 2 rings (SSSR count). The summed E-state index contributed by atoms with van der Waals surface area (Å²) in [5.41, 5.74) is 2.47. The smallest absolute Gasteiger partial charge is 0.261 e. The van der Waals surface area contributed by atoms with Crippen molar-refractivity contribution in [3.05, 3.63) is 29.3 Å². The molecule has 1 unspecified atom stereocenters. The van der Waals surface area contributed by atoms with Crippen LogP contribution in [0.25, 0.3) is 0 Å². The number of aryl methyl sites for hydroxylation is 1. The van der Waals surface area contributed by atoms with Crippen LogP contribution >= 0.6 is 0 Å². The number of nitrogens with one attached hydrogen (secondary N) is 1. The van der Waals surface area contributed by atoms with E-state index in [1.807, 2.05) is 12.1 Å². The average Bonchev–Trinajstić information content (AvgIpc) is 2.75. The zero-order valence-electron chi connectivity index (χ0n) is 11.0. The highest BCUT2D eigenvalue weighted by molar-refractivity contribution is 5.40. The van der Waals surface area contributed by atoms with Gasteiger partial charge in [-0.3, -0.25) is 0 Å². The summed E-state index contributed by atoms with van der Waals surface area (Å²) >= 11 is 0. The van der Waals surface area contributed by atoms with Gasteiger partial charge in [0.25, 0.3) is 6.43 Å². The van der Waals surface area contributed by atoms with Crippen LogP contribution in [0.2, 0.25) is 0 Å². The van der Waals surface area contributed by atoms with E-state index in [0.717, 1.165) is 12.2 Å². The summed E-state index contributed by atoms with van der Waals surface area (Å²) in [6.45, 7) is 3.12. The molecule has 0 aromatic heterocycles. The van der Waals surface area contributed by atoms with Gasteiger partial charge < -0.3 is 14.8 Å². The number of benzene rings is 1. The molecule has 3 nitrogen and oxygen atoms in total. The number of alkyl halides is 2. The number of fused-ring (bicyclic) bond motifs is 1. The van der Waals surface area contributed by atoms with Crippen molar-refractivity contribution in [2.75, 3.05) is 26.3 Å². The minimum absolute atomic E-state index is 0.117. The van der Waals surface area contributed by atoms with Crippen molar-refractivity contribution in [2.45, 2.75) is 25.9 Å². The Balaban J connectivity index is 1.62. The van der Waals surface area contributed by atoms with Crippen LogP contribution in [0.5, 0.6) is 5.75 Å². The SMILES string of the molecule is Cc1ccc2c(c1)CC(CNCCOCC(F)F)O2. The van der Waals surface area contributed by atoms with Gasteiger partial charge in [-0.25, -0.2) is 8.78 Å². The minimum atomic E-state index is -2.39. The fourth-order valence-electron chi connectivity index (χ4n) is 2.14. The molecule has 0 fully saturated rings. The van der Waals surface area contributed by atoms with E-state index >= 15 is 0 Å². The van der Waals surface area contributed by atoms with Crippen LogP contribution in [0.1, 0.15) is 11.1 Å². The predicted molar refractivity (Wildman–Crippen MR) is 69.0 cm³/mol. The fourth-order valence-corrected chi connectivity index (χ4v) is 2.14. The van der Waals surface area contributed by atoms with E-state index in [4.69, 9.17) is 9.47 Å². The Labute approximate surface area is 111 Å². The molecule has 106 valence electrons. The molecule has 5 heteroatoms. The quantitative estimate of drug-likeness (QED) is 0.771. The molecule has 1 N–H and O–H groups in total. The van der Waals surface area contributed by atoms with Crippen LogP contribution in [-0.2, 0) is 11.2 Å². The molecule has 0 radical (unpaired) electrons. The lowest BCUT2D eigenvalue weighted by Crippen LogP contribution is -2.32. The van der Waals surface area contributed by atoms with Crippen LogP contribution in [0, 0.1) is 6.92 Å². The van der Waals surface area contributed by atoms with Crippen LogP contribution in [0.15, 0.2) is 18.2 Å². The van der Waals surface area contributed by atoms with E-state index in [0.29, 0.717) is 19.7 Å². The maximum atomic E-state index is 11.8. The molecular weight excluding hydrogens is 252 g/mol. The average molecular weight is 271 g/mol. The third-order valence-corrected chi connectivity index (χ3v) is 3.00. The Morgan fingerprint density at radius 2 is 2.32 bits per heavy atom. The summed E-state index contributed by atoms with van der Waals surface area (Å²) in [7, 11) is 0. The van der Waals surface area contributed by atoms with Gasteiger partial charge in [-0.05, 0) is 18.6 Å². The van der Waals surface area contributed by atoms with Crippen molar-refractivity contribution in [2.24, 2.45) is 0 Å². The second-order valence-electron chi connectivity index (χ2n) is 4.73. The molecule has 1 heterocycles. The molecule has 1 aliphatic heterocycles. The molecule has 0 saturated carbocycles. The van der Waals surface area contributed by atoms with Crippen LogP contribution < -0.4 is 10.1 Å². The summed E-state index contributed by atoms with van der Waals surface area (Å²) < 4.78 is 34.2. The Hall–Kier alpha value is -1.20. The normalized spacial score (nSPS) is 17.6. The zero-order valence-corrected chi connectivity index (χ0v) is 11.0. The van der Waals surface area contributed by atoms with Gasteiger partial charge >= 0.3 is 0 Å². The zero-order chi connectivity index (χ0) is 13.7. The first-order valence-corrected chi connectivity index (χ1v) is 6.48. The van der Waals surface area contributed by atoms with E-state index in [1.165, 1.54) is 11.1 Å². The Bertz CT molecular complexity index is 412. The van der Waals surface area contributed by atoms with Crippen molar-refractivity contribution >= 4 is 0 Å². The van der Waals surface area contributed by atoms with Crippen molar-refractivity contribution in [1.82, 2.24) is 5.32 Å². The van der Waals surface area contributed by atoms with E-state index in [2.05, 4.69) is 18.3 Å². The van der Waals surface area contributed by atoms with E-state index < -0.39 is 13.0 Å². The molecule has 19 heavy (non-hydrogen) atoms. The number of halogens is 2. The highest BCUT2D eigenvalue weighted by Gasteiger charge is 2.22. The third-order valence-electron chi connectivity index (χ3n) is 3.00. The fraction of sp³-hybridized carbons (Fsp3) is 0.571. The van der Waals surface area contributed by atoms with Crippen molar-refractivity contribution < 1.29 is 18.3 Å². The van der Waals surface area contributed by atoms with Crippen molar-refractivity contribution in [3.8, 4) is 5.75 Å². The summed E-state index contributed by atoms with van der Waals surface area (Å²) in [4.78, 5) is 0. The highest BCUT2D eigenvalue weighted by Crippen LogP contribution is 2.29. The lowest BCUT2D eigenvalue weighted by atomic mass is 10.1. The molecule has 0 amide bonds.